The largest absolute Gasteiger partial charge is 0.508 e. The molecule has 5 rings (SSSR count). The Morgan fingerprint density at radius 3 is 2.64 bits per heavy atom. The number of phenols is 1. The van der Waals surface area contributed by atoms with Crippen LogP contribution >= 0.6 is 11.6 Å². The van der Waals surface area contributed by atoms with E-state index in [9.17, 15) is 14.7 Å². The third-order valence-corrected chi connectivity index (χ3v) is 8.15. The first-order valence-electron chi connectivity index (χ1n) is 12.8. The van der Waals surface area contributed by atoms with Gasteiger partial charge < -0.3 is 9.84 Å². The van der Waals surface area contributed by atoms with E-state index in [1.807, 2.05) is 31.2 Å². The lowest BCUT2D eigenvalue weighted by Crippen LogP contribution is -2.34. The number of likely N-dealkylation sites (tertiary alicyclic amines) is 1. The molecule has 4 atom stereocenters. The number of amides is 2. The topological polar surface area (TPSA) is 66.8 Å². The third-order valence-electron chi connectivity index (χ3n) is 7.83. The molecule has 3 aliphatic rings. The molecular formula is C30H32ClNO4. The number of hydrogen-bond donors (Lipinski definition) is 1. The van der Waals surface area contributed by atoms with E-state index < -0.39 is 0 Å². The molecule has 2 aromatic carbocycles. The number of ether oxygens (including phenoxy) is 1. The third kappa shape index (κ3) is 4.51. The highest BCUT2D eigenvalue weighted by Gasteiger charge is 2.56. The lowest BCUT2D eigenvalue weighted by Gasteiger charge is -2.30. The van der Waals surface area contributed by atoms with Crippen molar-refractivity contribution in [1.82, 2.24) is 4.90 Å². The highest BCUT2D eigenvalue weighted by atomic mass is 35.5. The maximum absolute atomic E-state index is 13.2. The summed E-state index contributed by atoms with van der Waals surface area (Å²) in [5, 5.41) is 10.2. The van der Waals surface area contributed by atoms with Crippen molar-refractivity contribution in [2.45, 2.75) is 45.6 Å². The van der Waals surface area contributed by atoms with Gasteiger partial charge in [-0.05, 0) is 79.2 Å². The first-order valence-corrected chi connectivity index (χ1v) is 13.2. The fraction of sp³-hybridized carbons (Fsp3) is 0.400. The molecule has 2 aromatic rings. The first kappa shape index (κ1) is 24.8. The summed E-state index contributed by atoms with van der Waals surface area (Å²) in [6.07, 6.45) is 4.96. The van der Waals surface area contributed by atoms with Crippen molar-refractivity contribution in [2.75, 3.05) is 13.2 Å². The molecule has 2 heterocycles. The summed E-state index contributed by atoms with van der Waals surface area (Å²) in [6.45, 7) is 5.09. The molecule has 2 fully saturated rings. The van der Waals surface area contributed by atoms with Crippen molar-refractivity contribution >= 4 is 35.1 Å². The number of halogens is 1. The molecule has 0 bridgehead atoms. The maximum atomic E-state index is 13.2. The average Bonchev–Trinajstić information content (AvgIpc) is 3.39. The Balaban J connectivity index is 1.39. The molecule has 2 amide bonds. The van der Waals surface area contributed by atoms with Gasteiger partial charge in [-0.2, -0.15) is 0 Å². The van der Waals surface area contributed by atoms with Crippen LogP contribution in [-0.2, 0) is 14.3 Å². The van der Waals surface area contributed by atoms with E-state index in [-0.39, 0.29) is 41.4 Å². The number of imide groups is 1. The number of benzene rings is 2. The molecule has 6 heteroatoms. The van der Waals surface area contributed by atoms with E-state index >= 15 is 0 Å². The van der Waals surface area contributed by atoms with Crippen molar-refractivity contribution < 1.29 is 19.4 Å². The number of rotatable bonds is 7. The van der Waals surface area contributed by atoms with Crippen LogP contribution < -0.4 is 0 Å². The summed E-state index contributed by atoms with van der Waals surface area (Å²) < 4.78 is 6.31. The molecule has 0 unspecified atom stereocenters. The number of hydrogen-bond acceptors (Lipinski definition) is 4. The van der Waals surface area contributed by atoms with Gasteiger partial charge in [0.1, 0.15) is 5.75 Å². The van der Waals surface area contributed by atoms with Crippen LogP contribution in [0.2, 0.25) is 5.02 Å². The zero-order chi connectivity index (χ0) is 25.4. The minimum atomic E-state index is -0.285. The molecule has 5 nitrogen and oxygen atoms in total. The second-order valence-corrected chi connectivity index (χ2v) is 10.5. The molecule has 0 aromatic heterocycles. The highest BCUT2D eigenvalue weighted by Crippen LogP contribution is 2.49. The van der Waals surface area contributed by atoms with Crippen LogP contribution in [0.1, 0.15) is 50.7 Å². The van der Waals surface area contributed by atoms with Crippen LogP contribution in [0.25, 0.3) is 11.6 Å². The first-order chi connectivity index (χ1) is 17.4. The lowest BCUT2D eigenvalue weighted by molar-refractivity contribution is -0.140. The quantitative estimate of drug-likeness (QED) is 0.280. The minimum Gasteiger partial charge on any atom is -0.508 e. The van der Waals surface area contributed by atoms with Crippen molar-refractivity contribution in [3.63, 3.8) is 0 Å². The fourth-order valence-electron chi connectivity index (χ4n) is 6.20. The van der Waals surface area contributed by atoms with E-state index in [1.54, 1.807) is 12.1 Å². The van der Waals surface area contributed by atoms with Crippen molar-refractivity contribution in [2.24, 2.45) is 17.8 Å². The molecular weight excluding hydrogens is 474 g/mol. The monoisotopic (exact) mass is 505 g/mol. The van der Waals surface area contributed by atoms with Gasteiger partial charge in [-0.15, -0.1) is 0 Å². The predicted octanol–water partition coefficient (Wildman–Crippen LogP) is 6.11. The van der Waals surface area contributed by atoms with Gasteiger partial charge in [-0.25, -0.2) is 0 Å². The number of carbonyl (C=O) groups is 2. The number of carbonyl (C=O) groups excluding carboxylic acids is 2. The van der Waals surface area contributed by atoms with Gasteiger partial charge in [0.15, 0.2) is 0 Å². The molecule has 1 N–H and O–H groups in total. The Labute approximate surface area is 217 Å². The smallest absolute Gasteiger partial charge is 0.233 e. The van der Waals surface area contributed by atoms with Gasteiger partial charge in [-0.3, -0.25) is 14.5 Å². The van der Waals surface area contributed by atoms with E-state index in [2.05, 4.69) is 25.1 Å². The summed E-state index contributed by atoms with van der Waals surface area (Å²) in [5.41, 5.74) is 5.52. The van der Waals surface area contributed by atoms with E-state index in [1.165, 1.54) is 16.0 Å². The lowest BCUT2D eigenvalue weighted by atomic mass is 9.70. The summed E-state index contributed by atoms with van der Waals surface area (Å²) in [7, 11) is 0. The average molecular weight is 506 g/mol. The maximum Gasteiger partial charge on any atom is 0.233 e. The Morgan fingerprint density at radius 2 is 1.92 bits per heavy atom. The number of allylic oxidation sites excluding steroid dienone is 2. The molecule has 36 heavy (non-hydrogen) atoms. The van der Waals surface area contributed by atoms with Gasteiger partial charge in [0.25, 0.3) is 0 Å². The van der Waals surface area contributed by atoms with Gasteiger partial charge in [0.2, 0.25) is 11.8 Å². The van der Waals surface area contributed by atoms with Crippen molar-refractivity contribution in [3.8, 4) is 5.75 Å². The van der Waals surface area contributed by atoms with Gasteiger partial charge in [0.05, 0.1) is 29.6 Å². The number of aromatic hydroxyl groups is 1. The van der Waals surface area contributed by atoms with Crippen LogP contribution in [0.5, 0.6) is 5.75 Å². The Hall–Kier alpha value is -2.89. The molecule has 2 aliphatic heterocycles. The van der Waals surface area contributed by atoms with Crippen molar-refractivity contribution in [3.05, 3.63) is 75.8 Å². The second-order valence-electron chi connectivity index (χ2n) is 10.1. The molecule has 2 saturated heterocycles. The SMILES string of the molecule is CCCN1C(=O)[C@@H]2[C@@H](CC(C)=C3[C@@H](CC/C(=C/c4ccc(O)cc4Cl)c4ccccc4)OC[C@@H]32)C1=O. The number of phenolic OH excluding ortho intramolecular Hbond substituents is 1. The van der Waals surface area contributed by atoms with Crippen LogP contribution in [0.4, 0.5) is 0 Å². The van der Waals surface area contributed by atoms with Crippen LogP contribution in [0, 0.1) is 17.8 Å². The predicted molar refractivity (Wildman–Crippen MR) is 141 cm³/mol. The summed E-state index contributed by atoms with van der Waals surface area (Å²) in [5.74, 6) is -0.419. The summed E-state index contributed by atoms with van der Waals surface area (Å²) in [6, 6.07) is 15.2. The minimum absolute atomic E-state index is 0.00577. The van der Waals surface area contributed by atoms with E-state index in [0.717, 1.165) is 36.0 Å². The Bertz CT molecular complexity index is 1230. The Kier molecular flexibility index (Phi) is 7.05. The zero-order valence-electron chi connectivity index (χ0n) is 20.7. The standard InChI is InChI=1S/C30H32ClNO4/c1-3-13-32-29(34)23-14-18(2)27-24(28(23)30(32)35)17-36-26(27)12-10-20(19-7-5-4-6-8-19)15-21-9-11-22(33)16-25(21)31/h4-9,11,15-16,23-24,26,28,33H,3,10,12-14,17H2,1-2H3/b20-15-/t23-,24+,26-,28-/m1/s1. The molecule has 0 radical (unpaired) electrons. The highest BCUT2D eigenvalue weighted by molar-refractivity contribution is 6.32. The molecule has 0 saturated carbocycles. The van der Waals surface area contributed by atoms with Gasteiger partial charge in [-0.1, -0.05) is 54.4 Å². The molecule has 188 valence electrons. The molecule has 0 spiro atoms. The zero-order valence-corrected chi connectivity index (χ0v) is 21.5. The second kappa shape index (κ2) is 10.2. The number of nitrogens with zero attached hydrogens (tertiary/aromatic N) is 1. The van der Waals surface area contributed by atoms with E-state index in [0.29, 0.717) is 24.6 Å². The van der Waals surface area contributed by atoms with E-state index in [4.69, 9.17) is 16.3 Å². The normalized spacial score (nSPS) is 26.0. The molecule has 1 aliphatic carbocycles. The van der Waals surface area contributed by atoms with Crippen molar-refractivity contribution in [1.29, 1.82) is 0 Å². The van der Waals surface area contributed by atoms with Gasteiger partial charge in [0, 0.05) is 12.5 Å². The fourth-order valence-corrected chi connectivity index (χ4v) is 6.43. The van der Waals surface area contributed by atoms with Crippen LogP contribution in [-0.4, -0.2) is 41.1 Å². The van der Waals surface area contributed by atoms with Gasteiger partial charge >= 0.3 is 0 Å². The van der Waals surface area contributed by atoms with Crippen LogP contribution in [0.15, 0.2) is 59.7 Å². The number of fused-ring (bicyclic) bond motifs is 3. The summed E-state index contributed by atoms with van der Waals surface area (Å²) in [4.78, 5) is 27.6. The Morgan fingerprint density at radius 1 is 1.14 bits per heavy atom. The summed E-state index contributed by atoms with van der Waals surface area (Å²) >= 11 is 6.41. The van der Waals surface area contributed by atoms with Crippen LogP contribution in [0.3, 0.4) is 0 Å².